The van der Waals surface area contributed by atoms with Crippen LogP contribution < -0.4 is 11.0 Å². The Hall–Kier alpha value is -2.86. The van der Waals surface area contributed by atoms with E-state index in [-0.39, 0.29) is 17.6 Å². The molecule has 130 valence electrons. The molecule has 0 radical (unpaired) electrons. The summed E-state index contributed by atoms with van der Waals surface area (Å²) in [4.78, 5) is 29.1. The molecule has 1 heterocycles. The van der Waals surface area contributed by atoms with Crippen molar-refractivity contribution in [3.63, 3.8) is 0 Å². The number of aromatic amines is 2. The summed E-state index contributed by atoms with van der Waals surface area (Å²) in [5.74, 6) is -0.175. The Kier molecular flexibility index (Phi) is 5.00. The molecule has 0 aliphatic heterocycles. The number of H-pyrrole nitrogens is 2. The van der Waals surface area contributed by atoms with Crippen molar-refractivity contribution in [2.24, 2.45) is 0 Å². The molecule has 0 saturated heterocycles. The number of nitrogens with one attached hydrogen (secondary N) is 3. The molecular weight excluding hydrogens is 318 g/mol. The second-order valence-corrected chi connectivity index (χ2v) is 6.05. The van der Waals surface area contributed by atoms with E-state index in [0.29, 0.717) is 6.61 Å². The number of amides is 1. The van der Waals surface area contributed by atoms with Gasteiger partial charge in [-0.05, 0) is 37.1 Å². The van der Waals surface area contributed by atoms with Crippen molar-refractivity contribution in [3.05, 3.63) is 70.1 Å². The molecule has 1 amide bonds. The summed E-state index contributed by atoms with van der Waals surface area (Å²) in [6.45, 7) is 4.02. The first-order valence-electron chi connectivity index (χ1n) is 8.21. The molecule has 3 N–H and O–H groups in total. The van der Waals surface area contributed by atoms with Crippen LogP contribution >= 0.6 is 0 Å². The Labute approximate surface area is 145 Å². The van der Waals surface area contributed by atoms with Crippen molar-refractivity contribution in [1.82, 2.24) is 15.3 Å². The smallest absolute Gasteiger partial charge is 0.323 e. The standard InChI is InChI=1S/C19H21N3O3/c1-12(15-8-9-16-17(10-15)22-19(24)21-16)20-18(23)13(2)25-11-14-6-4-3-5-7-14/h3-10,12-13H,11H2,1-2H3,(H,20,23)(H2,21,22,24)/t12-,13+/m0/s1. The predicted molar refractivity (Wildman–Crippen MR) is 96.2 cm³/mol. The molecule has 6 nitrogen and oxygen atoms in total. The average Bonchev–Trinajstić information content (AvgIpc) is 2.99. The summed E-state index contributed by atoms with van der Waals surface area (Å²) in [6, 6.07) is 15.1. The van der Waals surface area contributed by atoms with Crippen LogP contribution in [0.3, 0.4) is 0 Å². The van der Waals surface area contributed by atoms with Gasteiger partial charge in [0.2, 0.25) is 5.91 Å². The van der Waals surface area contributed by atoms with Crippen LogP contribution in [0.1, 0.15) is 31.0 Å². The molecule has 0 aliphatic rings. The first-order chi connectivity index (χ1) is 12.0. The normalized spacial score (nSPS) is 13.5. The summed E-state index contributed by atoms with van der Waals surface area (Å²) in [5, 5.41) is 2.94. The van der Waals surface area contributed by atoms with Gasteiger partial charge in [-0.3, -0.25) is 4.79 Å². The zero-order valence-electron chi connectivity index (χ0n) is 14.2. The van der Waals surface area contributed by atoms with Crippen LogP contribution in [-0.2, 0) is 16.1 Å². The summed E-state index contributed by atoms with van der Waals surface area (Å²) in [7, 11) is 0. The summed E-state index contributed by atoms with van der Waals surface area (Å²) in [6.07, 6.45) is -0.557. The molecule has 3 rings (SSSR count). The van der Waals surface area contributed by atoms with Crippen molar-refractivity contribution in [2.45, 2.75) is 32.6 Å². The van der Waals surface area contributed by atoms with E-state index in [1.54, 1.807) is 6.92 Å². The number of hydrogen-bond donors (Lipinski definition) is 3. The van der Waals surface area contributed by atoms with E-state index in [1.807, 2.05) is 55.5 Å². The molecule has 1 aromatic heterocycles. The lowest BCUT2D eigenvalue weighted by Gasteiger charge is -2.18. The lowest BCUT2D eigenvalue weighted by atomic mass is 10.1. The maximum absolute atomic E-state index is 12.3. The van der Waals surface area contributed by atoms with Gasteiger partial charge in [-0.15, -0.1) is 0 Å². The largest absolute Gasteiger partial charge is 0.364 e. The minimum atomic E-state index is -0.557. The van der Waals surface area contributed by atoms with E-state index < -0.39 is 6.10 Å². The molecule has 0 spiro atoms. The van der Waals surface area contributed by atoms with Crippen LogP contribution in [-0.4, -0.2) is 22.0 Å². The molecule has 0 aliphatic carbocycles. The fourth-order valence-electron chi connectivity index (χ4n) is 2.60. The van der Waals surface area contributed by atoms with Crippen molar-refractivity contribution >= 4 is 16.9 Å². The minimum absolute atomic E-state index is 0.175. The quantitative estimate of drug-likeness (QED) is 0.645. The Morgan fingerprint density at radius 1 is 1.08 bits per heavy atom. The van der Waals surface area contributed by atoms with Crippen molar-refractivity contribution in [3.8, 4) is 0 Å². The van der Waals surface area contributed by atoms with Crippen LogP contribution in [0.25, 0.3) is 11.0 Å². The number of hydrogen-bond acceptors (Lipinski definition) is 3. The third-order valence-corrected chi connectivity index (χ3v) is 4.11. The number of fused-ring (bicyclic) bond motifs is 1. The van der Waals surface area contributed by atoms with Crippen molar-refractivity contribution < 1.29 is 9.53 Å². The highest BCUT2D eigenvalue weighted by Gasteiger charge is 2.17. The Bertz CT molecular complexity index is 914. The number of imidazole rings is 1. The van der Waals surface area contributed by atoms with E-state index in [2.05, 4.69) is 15.3 Å². The molecule has 0 saturated carbocycles. The average molecular weight is 339 g/mol. The third-order valence-electron chi connectivity index (χ3n) is 4.11. The maximum Gasteiger partial charge on any atom is 0.323 e. The lowest BCUT2D eigenvalue weighted by Crippen LogP contribution is -2.36. The molecule has 0 bridgehead atoms. The second-order valence-electron chi connectivity index (χ2n) is 6.05. The van der Waals surface area contributed by atoms with Crippen LogP contribution in [0, 0.1) is 0 Å². The van der Waals surface area contributed by atoms with Crippen LogP contribution in [0.4, 0.5) is 0 Å². The first-order valence-corrected chi connectivity index (χ1v) is 8.21. The molecule has 6 heteroatoms. The number of aromatic nitrogens is 2. The Balaban J connectivity index is 1.59. The summed E-state index contributed by atoms with van der Waals surface area (Å²) < 4.78 is 5.64. The minimum Gasteiger partial charge on any atom is -0.364 e. The summed E-state index contributed by atoms with van der Waals surface area (Å²) in [5.41, 5.74) is 3.15. The van der Waals surface area contributed by atoms with Crippen LogP contribution in [0.15, 0.2) is 53.3 Å². The van der Waals surface area contributed by atoms with Gasteiger partial charge in [0.25, 0.3) is 0 Å². The monoisotopic (exact) mass is 339 g/mol. The topological polar surface area (TPSA) is 87.0 Å². The van der Waals surface area contributed by atoms with Crippen molar-refractivity contribution in [1.29, 1.82) is 0 Å². The molecule has 0 fully saturated rings. The molecule has 2 atom stereocenters. The Morgan fingerprint density at radius 3 is 2.56 bits per heavy atom. The van der Waals surface area contributed by atoms with Gasteiger partial charge >= 0.3 is 5.69 Å². The Morgan fingerprint density at radius 2 is 1.80 bits per heavy atom. The van der Waals surface area contributed by atoms with E-state index in [0.717, 1.165) is 22.2 Å². The van der Waals surface area contributed by atoms with Gasteiger partial charge in [-0.2, -0.15) is 0 Å². The zero-order valence-corrected chi connectivity index (χ0v) is 14.2. The maximum atomic E-state index is 12.3. The molecule has 25 heavy (non-hydrogen) atoms. The second kappa shape index (κ2) is 7.36. The van der Waals surface area contributed by atoms with Gasteiger partial charge in [0.05, 0.1) is 23.7 Å². The number of ether oxygens (including phenoxy) is 1. The third kappa shape index (κ3) is 4.16. The van der Waals surface area contributed by atoms with Gasteiger partial charge in [-0.1, -0.05) is 36.4 Å². The summed E-state index contributed by atoms with van der Waals surface area (Å²) >= 11 is 0. The van der Waals surface area contributed by atoms with Gasteiger partial charge < -0.3 is 20.0 Å². The molecule has 2 aromatic carbocycles. The highest BCUT2D eigenvalue weighted by molar-refractivity contribution is 5.81. The number of carbonyl (C=O) groups excluding carboxylic acids is 1. The predicted octanol–water partition coefficient (Wildman–Crippen LogP) is 2.64. The zero-order chi connectivity index (χ0) is 17.8. The van der Waals surface area contributed by atoms with E-state index in [4.69, 9.17) is 4.74 Å². The van der Waals surface area contributed by atoms with Crippen LogP contribution in [0.5, 0.6) is 0 Å². The van der Waals surface area contributed by atoms with Gasteiger partial charge in [-0.25, -0.2) is 4.79 Å². The lowest BCUT2D eigenvalue weighted by molar-refractivity contribution is -0.133. The highest BCUT2D eigenvalue weighted by Crippen LogP contribution is 2.17. The van der Waals surface area contributed by atoms with Gasteiger partial charge in [0, 0.05) is 0 Å². The fourth-order valence-corrected chi connectivity index (χ4v) is 2.60. The van der Waals surface area contributed by atoms with E-state index in [1.165, 1.54) is 0 Å². The number of benzene rings is 2. The molecule has 3 aromatic rings. The van der Waals surface area contributed by atoms with Gasteiger partial charge in [0.1, 0.15) is 6.10 Å². The van der Waals surface area contributed by atoms with Crippen molar-refractivity contribution in [2.75, 3.05) is 0 Å². The van der Waals surface area contributed by atoms with E-state index in [9.17, 15) is 9.59 Å². The number of rotatable bonds is 6. The highest BCUT2D eigenvalue weighted by atomic mass is 16.5. The number of carbonyl (C=O) groups is 1. The van der Waals surface area contributed by atoms with E-state index >= 15 is 0 Å². The van der Waals surface area contributed by atoms with Crippen LogP contribution in [0.2, 0.25) is 0 Å². The SMILES string of the molecule is C[C@H](NC(=O)[C@@H](C)OCc1ccccc1)c1ccc2[nH]c(=O)[nH]c2c1. The fraction of sp³-hybridized carbons (Fsp3) is 0.263. The molecule has 0 unspecified atom stereocenters. The molecular formula is C19H21N3O3. The van der Waals surface area contributed by atoms with Gasteiger partial charge in [0.15, 0.2) is 0 Å². The first kappa shape index (κ1) is 17.0.